The van der Waals surface area contributed by atoms with Crippen LogP contribution >= 0.6 is 23.2 Å². The van der Waals surface area contributed by atoms with Crippen LogP contribution < -0.4 is 22.1 Å². The van der Waals surface area contributed by atoms with Gasteiger partial charge in [-0.05, 0) is 50.7 Å². The number of hydrogen-bond acceptors (Lipinski definition) is 9. The standard InChI is InChI=1S/2C16H16ClN3O4.C3H8O.2H2O/c2*17-9-6-7-10-12(15(22)20(10)13(9)16(23)24)19-14(21)11(18)8-4-2-1-3-5-8;1-3(2)4;;/h2*1-5,10-12H,6-7,18H2,(H,19,21)(H,23,24);3-4H,1-2H3;2*1H2/t2*10-,11-,12+;;;/m11.../s1. The maximum Gasteiger partial charge on any atom is 0.353 e. The van der Waals surface area contributed by atoms with Gasteiger partial charge in [-0.15, -0.1) is 0 Å². The normalized spacial score (nSPS) is 22.1. The number of nitrogens with two attached hydrogens (primary N) is 2. The monoisotopic (exact) mass is 794 g/mol. The van der Waals surface area contributed by atoms with Crippen LogP contribution in [-0.4, -0.2) is 102 Å². The molecule has 2 fully saturated rings. The minimum absolute atomic E-state index is 0. The molecule has 0 aromatic heterocycles. The first-order valence-electron chi connectivity index (χ1n) is 16.4. The smallest absolute Gasteiger partial charge is 0.353 e. The van der Waals surface area contributed by atoms with Crippen molar-refractivity contribution in [2.45, 2.75) is 81.9 Å². The number of carboxylic acids is 2. The fourth-order valence-electron chi connectivity index (χ4n) is 6.14. The van der Waals surface area contributed by atoms with Gasteiger partial charge in [0.15, 0.2) is 0 Å². The number of rotatable bonds is 8. The number of nitrogens with zero attached hydrogens (tertiary/aromatic N) is 2. The minimum atomic E-state index is -1.25. The Morgan fingerprint density at radius 3 is 1.26 bits per heavy atom. The number of hydrogen-bond donors (Lipinski definition) is 7. The van der Waals surface area contributed by atoms with Crippen molar-refractivity contribution in [2.75, 3.05) is 0 Å². The number of nitrogens with one attached hydrogen (secondary N) is 2. The molecule has 6 rings (SSSR count). The molecule has 4 aliphatic heterocycles. The Balaban J connectivity index is 0.000000329. The van der Waals surface area contributed by atoms with Gasteiger partial charge in [-0.2, -0.15) is 0 Å². The van der Waals surface area contributed by atoms with Gasteiger partial charge >= 0.3 is 11.9 Å². The number of aliphatic carboxylic acids is 2. The lowest BCUT2D eigenvalue weighted by molar-refractivity contribution is -0.156. The maximum absolute atomic E-state index is 12.3. The van der Waals surface area contributed by atoms with E-state index >= 15 is 0 Å². The quantitative estimate of drug-likeness (QED) is 0.177. The molecule has 6 atom stereocenters. The van der Waals surface area contributed by atoms with E-state index in [-0.39, 0.29) is 38.5 Å². The average molecular weight is 796 g/mol. The Bertz CT molecular complexity index is 1650. The molecule has 0 saturated carbocycles. The molecule has 0 spiro atoms. The van der Waals surface area contributed by atoms with Crippen molar-refractivity contribution in [3.05, 3.63) is 93.2 Å². The highest BCUT2D eigenvalue weighted by Gasteiger charge is 2.54. The number of β-lactam (4-membered cyclic amide) rings is 2. The summed E-state index contributed by atoms with van der Waals surface area (Å²) in [6.45, 7) is 3.44. The van der Waals surface area contributed by atoms with Crippen LogP contribution in [0.2, 0.25) is 0 Å². The summed E-state index contributed by atoms with van der Waals surface area (Å²) in [7, 11) is 0. The van der Waals surface area contributed by atoms with Crippen molar-refractivity contribution >= 4 is 58.8 Å². The van der Waals surface area contributed by atoms with Gasteiger partial charge in [0.2, 0.25) is 11.8 Å². The van der Waals surface area contributed by atoms with Crippen LogP contribution in [0.5, 0.6) is 0 Å². The van der Waals surface area contributed by atoms with Gasteiger partial charge < -0.3 is 48.4 Å². The number of fused-ring (bicyclic) bond motifs is 2. The molecule has 4 heterocycles. The molecule has 4 aliphatic rings. The molecule has 2 aromatic rings. The predicted molar refractivity (Wildman–Crippen MR) is 196 cm³/mol. The molecule has 54 heavy (non-hydrogen) atoms. The third-order valence-corrected chi connectivity index (χ3v) is 9.37. The SMILES string of the molecule is CC(C)O.N[C@@H](C(=O)N[C@@H]1C(=O)N2C(C(=O)O)=C(Cl)CC[C@H]12)c1ccccc1.N[C@@H](C(=O)N[C@@H]1C(=O)N2C(C(=O)O)=C(Cl)CC[C@H]12)c1ccccc1.O.O. The van der Waals surface area contributed by atoms with Gasteiger partial charge in [-0.1, -0.05) is 83.9 Å². The summed E-state index contributed by atoms with van der Waals surface area (Å²) >= 11 is 11.8. The highest BCUT2D eigenvalue weighted by Crippen LogP contribution is 2.39. The van der Waals surface area contributed by atoms with Crippen molar-refractivity contribution in [3.63, 3.8) is 0 Å². The molecule has 2 aromatic carbocycles. The topological polar surface area (TPSA) is 309 Å². The minimum Gasteiger partial charge on any atom is -0.477 e. The van der Waals surface area contributed by atoms with Crippen LogP contribution in [0, 0.1) is 0 Å². The predicted octanol–water partition coefficient (Wildman–Crippen LogP) is 0.159. The second-order valence-corrected chi connectivity index (χ2v) is 13.5. The first-order chi connectivity index (χ1) is 24.6. The Hall–Kier alpha value is -4.88. The first kappa shape index (κ1) is 45.3. The fourth-order valence-corrected chi connectivity index (χ4v) is 6.71. The average Bonchev–Trinajstić information content (AvgIpc) is 3.12. The lowest BCUT2D eigenvalue weighted by Crippen LogP contribution is -2.72. The van der Waals surface area contributed by atoms with E-state index in [4.69, 9.17) is 39.8 Å². The number of amides is 4. The zero-order valence-corrected chi connectivity index (χ0v) is 30.8. The van der Waals surface area contributed by atoms with Gasteiger partial charge in [0.05, 0.1) is 12.1 Å². The van der Waals surface area contributed by atoms with Crippen molar-refractivity contribution in [2.24, 2.45) is 11.5 Å². The summed E-state index contributed by atoms with van der Waals surface area (Å²) in [5.74, 6) is -4.41. The molecule has 0 bridgehead atoms. The Labute approximate surface area is 320 Å². The Morgan fingerprint density at radius 2 is 0.981 bits per heavy atom. The molecule has 17 nitrogen and oxygen atoms in total. The molecule has 0 radical (unpaired) electrons. The van der Waals surface area contributed by atoms with Crippen LogP contribution in [0.15, 0.2) is 82.1 Å². The zero-order valence-electron chi connectivity index (χ0n) is 29.2. The number of aliphatic hydroxyl groups excluding tert-OH is 1. The summed E-state index contributed by atoms with van der Waals surface area (Å²) in [5, 5.41) is 32.0. The Morgan fingerprint density at radius 1 is 0.685 bits per heavy atom. The van der Waals surface area contributed by atoms with Crippen molar-refractivity contribution in [3.8, 4) is 0 Å². The van der Waals surface area contributed by atoms with Gasteiger partial charge in [-0.25, -0.2) is 9.59 Å². The van der Waals surface area contributed by atoms with E-state index in [1.807, 2.05) is 12.1 Å². The summed E-state index contributed by atoms with van der Waals surface area (Å²) in [6, 6.07) is 13.5. The maximum atomic E-state index is 12.3. The number of benzene rings is 2. The lowest BCUT2D eigenvalue weighted by atomic mass is 9.86. The summed E-state index contributed by atoms with van der Waals surface area (Å²) in [5.41, 5.74) is 12.7. The van der Waals surface area contributed by atoms with Gasteiger partial charge in [-0.3, -0.25) is 29.0 Å². The molecular formula is C35H44Cl2N6O11. The van der Waals surface area contributed by atoms with E-state index in [1.54, 1.807) is 62.4 Å². The number of carbonyl (C=O) groups is 6. The Kier molecular flexibility index (Phi) is 16.3. The van der Waals surface area contributed by atoms with E-state index in [9.17, 15) is 39.0 Å². The molecule has 19 heteroatoms. The number of carboxylic acid groups (broad SMARTS) is 2. The van der Waals surface area contributed by atoms with E-state index < -0.39 is 71.8 Å². The number of aliphatic hydroxyl groups is 1. The molecule has 2 saturated heterocycles. The fraction of sp³-hybridized carbons (Fsp3) is 0.371. The molecular weight excluding hydrogens is 751 g/mol. The van der Waals surface area contributed by atoms with E-state index in [0.29, 0.717) is 36.8 Å². The van der Waals surface area contributed by atoms with Gasteiger partial charge in [0, 0.05) is 16.2 Å². The molecule has 294 valence electrons. The van der Waals surface area contributed by atoms with Gasteiger partial charge in [0.25, 0.3) is 11.8 Å². The third kappa shape index (κ3) is 9.80. The number of carbonyl (C=O) groups excluding carboxylic acids is 4. The summed E-state index contributed by atoms with van der Waals surface area (Å²) in [6.07, 6.45) is 1.53. The van der Waals surface area contributed by atoms with Gasteiger partial charge in [0.1, 0.15) is 35.6 Å². The van der Waals surface area contributed by atoms with Crippen LogP contribution in [0.1, 0.15) is 62.7 Å². The first-order valence-corrected chi connectivity index (χ1v) is 17.1. The molecule has 4 amide bonds. The molecule has 0 aliphatic carbocycles. The highest BCUT2D eigenvalue weighted by atomic mass is 35.5. The third-order valence-electron chi connectivity index (χ3n) is 8.64. The largest absolute Gasteiger partial charge is 0.477 e. The van der Waals surface area contributed by atoms with E-state index in [1.165, 1.54) is 0 Å². The van der Waals surface area contributed by atoms with Crippen LogP contribution in [0.4, 0.5) is 0 Å². The highest BCUT2D eigenvalue weighted by molar-refractivity contribution is 6.32. The second kappa shape index (κ2) is 19.4. The van der Waals surface area contributed by atoms with Crippen LogP contribution in [-0.2, 0) is 28.8 Å². The zero-order chi connectivity index (χ0) is 38.4. The van der Waals surface area contributed by atoms with Crippen LogP contribution in [0.3, 0.4) is 0 Å². The number of allylic oxidation sites excluding steroid dienone is 2. The van der Waals surface area contributed by atoms with Crippen molar-refractivity contribution in [1.82, 2.24) is 20.4 Å². The summed E-state index contributed by atoms with van der Waals surface area (Å²) in [4.78, 5) is 74.0. The van der Waals surface area contributed by atoms with Crippen molar-refractivity contribution in [1.29, 1.82) is 0 Å². The molecule has 13 N–H and O–H groups in total. The summed E-state index contributed by atoms with van der Waals surface area (Å²) < 4.78 is 0. The van der Waals surface area contributed by atoms with Crippen molar-refractivity contribution < 1.29 is 55.0 Å². The van der Waals surface area contributed by atoms with E-state index in [2.05, 4.69) is 10.6 Å². The molecule has 0 unspecified atom stereocenters. The lowest BCUT2D eigenvalue weighted by Gasteiger charge is -2.49. The number of halogens is 2. The second-order valence-electron chi connectivity index (χ2n) is 12.6. The van der Waals surface area contributed by atoms with E-state index in [0.717, 1.165) is 9.80 Å². The van der Waals surface area contributed by atoms with Crippen LogP contribution in [0.25, 0.3) is 0 Å².